The topological polar surface area (TPSA) is 77.8 Å². The first kappa shape index (κ1) is 16.0. The smallest absolute Gasteiger partial charge is 0.244 e. The lowest BCUT2D eigenvalue weighted by Crippen LogP contribution is -2.40. The molecule has 21 heavy (non-hydrogen) atoms. The van der Waals surface area contributed by atoms with E-state index in [0.717, 1.165) is 5.56 Å². The maximum absolute atomic E-state index is 12.7. The Morgan fingerprint density at radius 3 is 2.62 bits per heavy atom. The van der Waals surface area contributed by atoms with Gasteiger partial charge in [0.15, 0.2) is 0 Å². The lowest BCUT2D eigenvalue weighted by atomic mass is 10.1. The molecule has 1 saturated heterocycles. The fourth-order valence-electron chi connectivity index (χ4n) is 2.32. The summed E-state index contributed by atoms with van der Waals surface area (Å²) in [7, 11) is -3.63. The van der Waals surface area contributed by atoms with Crippen molar-refractivity contribution in [2.24, 2.45) is 0 Å². The Bertz CT molecular complexity index is 665. The molecule has 1 heterocycles. The molecule has 0 aromatic heterocycles. The fraction of sp³-hybridized carbons (Fsp3) is 0.467. The maximum Gasteiger partial charge on any atom is 0.244 e. The molecule has 1 aromatic carbocycles. The molecule has 1 aromatic rings. The van der Waals surface area contributed by atoms with Crippen LogP contribution < -0.4 is 0 Å². The van der Waals surface area contributed by atoms with Crippen molar-refractivity contribution in [1.29, 1.82) is 0 Å². The number of piperidine rings is 1. The van der Waals surface area contributed by atoms with Crippen molar-refractivity contribution in [2.45, 2.75) is 30.8 Å². The van der Waals surface area contributed by atoms with Crippen LogP contribution in [0.4, 0.5) is 0 Å². The second-order valence-corrected chi connectivity index (χ2v) is 7.00. The summed E-state index contributed by atoms with van der Waals surface area (Å²) in [6.07, 6.45) is 0.467. The number of hydrogen-bond donors (Lipinski definition) is 2. The van der Waals surface area contributed by atoms with Gasteiger partial charge in [-0.05, 0) is 37.5 Å². The first-order chi connectivity index (χ1) is 9.95. The fourth-order valence-corrected chi connectivity index (χ4v) is 3.92. The standard InChI is InChI=1S/C15H19NO4S/c1-12-4-5-15(13(11-12)3-2-10-17)21(19,20)16-8-6-14(18)7-9-16/h4-5,11,14,17-18H,6-10H2,1H3. The number of aryl methyl sites for hydroxylation is 1. The highest BCUT2D eigenvalue weighted by Gasteiger charge is 2.30. The summed E-state index contributed by atoms with van der Waals surface area (Å²) in [4.78, 5) is 0.158. The average molecular weight is 309 g/mol. The van der Waals surface area contributed by atoms with E-state index in [4.69, 9.17) is 5.11 Å². The van der Waals surface area contributed by atoms with Crippen molar-refractivity contribution >= 4 is 10.0 Å². The zero-order valence-corrected chi connectivity index (χ0v) is 12.7. The minimum atomic E-state index is -3.63. The van der Waals surface area contributed by atoms with Crippen molar-refractivity contribution in [3.8, 4) is 11.8 Å². The minimum absolute atomic E-state index is 0.158. The molecular formula is C15H19NO4S. The van der Waals surface area contributed by atoms with Gasteiger partial charge in [0.2, 0.25) is 10.0 Å². The first-order valence-corrected chi connectivity index (χ1v) is 8.28. The summed E-state index contributed by atoms with van der Waals surface area (Å²) in [6, 6.07) is 4.99. The highest BCUT2D eigenvalue weighted by atomic mass is 32.2. The van der Waals surface area contributed by atoms with Gasteiger partial charge in [-0.2, -0.15) is 4.31 Å². The van der Waals surface area contributed by atoms with Gasteiger partial charge in [0.05, 0.1) is 11.0 Å². The van der Waals surface area contributed by atoms with E-state index in [-0.39, 0.29) is 11.5 Å². The van der Waals surface area contributed by atoms with Gasteiger partial charge in [-0.1, -0.05) is 17.9 Å². The molecule has 2 N–H and O–H groups in total. The third-order valence-electron chi connectivity index (χ3n) is 3.48. The summed E-state index contributed by atoms with van der Waals surface area (Å²) in [5, 5.41) is 18.3. The number of aliphatic hydroxyl groups excluding tert-OH is 2. The highest BCUT2D eigenvalue weighted by molar-refractivity contribution is 7.89. The number of sulfonamides is 1. The van der Waals surface area contributed by atoms with Crippen LogP contribution in [0, 0.1) is 18.8 Å². The largest absolute Gasteiger partial charge is 0.393 e. The molecule has 1 aliphatic heterocycles. The highest BCUT2D eigenvalue weighted by Crippen LogP contribution is 2.24. The third kappa shape index (κ3) is 3.63. The van der Waals surface area contributed by atoms with Crippen LogP contribution >= 0.6 is 0 Å². The van der Waals surface area contributed by atoms with Crippen molar-refractivity contribution in [2.75, 3.05) is 19.7 Å². The number of nitrogens with zero attached hydrogens (tertiary/aromatic N) is 1. The molecule has 1 fully saturated rings. The summed E-state index contributed by atoms with van der Waals surface area (Å²) >= 11 is 0. The van der Waals surface area contributed by atoms with Crippen LogP contribution in [-0.2, 0) is 10.0 Å². The molecule has 0 aliphatic carbocycles. The summed E-state index contributed by atoms with van der Waals surface area (Å²) < 4.78 is 26.8. The second-order valence-electron chi connectivity index (χ2n) is 5.09. The SMILES string of the molecule is Cc1ccc(S(=O)(=O)N2CCC(O)CC2)c(C#CCO)c1. The Labute approximate surface area is 125 Å². The van der Waals surface area contributed by atoms with Crippen molar-refractivity contribution in [1.82, 2.24) is 4.31 Å². The predicted molar refractivity (Wildman–Crippen MR) is 79.1 cm³/mol. The van der Waals surface area contributed by atoms with Crippen molar-refractivity contribution < 1.29 is 18.6 Å². The van der Waals surface area contributed by atoms with Crippen LogP contribution in [0.25, 0.3) is 0 Å². The molecule has 1 aliphatic rings. The van der Waals surface area contributed by atoms with Crippen LogP contribution in [0.3, 0.4) is 0 Å². The molecule has 0 bridgehead atoms. The first-order valence-electron chi connectivity index (χ1n) is 6.83. The van der Waals surface area contributed by atoms with Gasteiger partial charge in [-0.25, -0.2) is 8.42 Å². The second kappa shape index (κ2) is 6.58. The van der Waals surface area contributed by atoms with Crippen molar-refractivity contribution in [3.05, 3.63) is 29.3 Å². The molecule has 5 nitrogen and oxygen atoms in total. The number of aliphatic hydroxyl groups is 2. The molecule has 0 unspecified atom stereocenters. The maximum atomic E-state index is 12.7. The van der Waals surface area contributed by atoms with E-state index < -0.39 is 16.1 Å². The van der Waals surface area contributed by atoms with Gasteiger partial charge in [0, 0.05) is 18.7 Å². The van der Waals surface area contributed by atoms with Crippen LogP contribution in [0.15, 0.2) is 23.1 Å². The Morgan fingerprint density at radius 1 is 1.33 bits per heavy atom. The molecule has 6 heteroatoms. The Hall–Kier alpha value is -1.39. The van der Waals surface area contributed by atoms with E-state index >= 15 is 0 Å². The lowest BCUT2D eigenvalue weighted by molar-refractivity contribution is 0.113. The zero-order chi connectivity index (χ0) is 15.5. The average Bonchev–Trinajstić information content (AvgIpc) is 2.45. The van der Waals surface area contributed by atoms with Crippen LogP contribution in [0.2, 0.25) is 0 Å². The number of rotatable bonds is 2. The molecule has 0 spiro atoms. The third-order valence-corrected chi connectivity index (χ3v) is 5.44. The van der Waals surface area contributed by atoms with Gasteiger partial charge in [0.1, 0.15) is 6.61 Å². The van der Waals surface area contributed by atoms with E-state index in [1.54, 1.807) is 18.2 Å². The van der Waals surface area contributed by atoms with Crippen LogP contribution in [0.5, 0.6) is 0 Å². The molecule has 0 radical (unpaired) electrons. The van der Waals surface area contributed by atoms with E-state index in [9.17, 15) is 13.5 Å². The van der Waals surface area contributed by atoms with Crippen LogP contribution in [0.1, 0.15) is 24.0 Å². The van der Waals surface area contributed by atoms with Crippen LogP contribution in [-0.4, -0.2) is 48.7 Å². The zero-order valence-electron chi connectivity index (χ0n) is 11.9. The van der Waals surface area contributed by atoms with Gasteiger partial charge in [-0.3, -0.25) is 0 Å². The van der Waals surface area contributed by atoms with Gasteiger partial charge in [0.25, 0.3) is 0 Å². The minimum Gasteiger partial charge on any atom is -0.393 e. The Kier molecular flexibility index (Phi) is 5.01. The molecule has 0 amide bonds. The summed E-state index contributed by atoms with van der Waals surface area (Å²) in [5.74, 6) is 5.20. The lowest BCUT2D eigenvalue weighted by Gasteiger charge is -2.29. The normalized spacial score (nSPS) is 17.3. The monoisotopic (exact) mass is 309 g/mol. The number of benzene rings is 1. The number of hydrogen-bond acceptors (Lipinski definition) is 4. The quantitative estimate of drug-likeness (QED) is 0.779. The molecular weight excluding hydrogens is 290 g/mol. The molecule has 2 rings (SSSR count). The molecule has 0 atom stereocenters. The Morgan fingerprint density at radius 2 is 2.00 bits per heavy atom. The molecule has 0 saturated carbocycles. The summed E-state index contributed by atoms with van der Waals surface area (Å²) in [5.41, 5.74) is 1.31. The van der Waals surface area contributed by atoms with E-state index in [0.29, 0.717) is 31.5 Å². The Balaban J connectivity index is 2.40. The van der Waals surface area contributed by atoms with Gasteiger partial charge in [-0.15, -0.1) is 0 Å². The van der Waals surface area contributed by atoms with Crippen molar-refractivity contribution in [3.63, 3.8) is 0 Å². The molecule has 114 valence electrons. The van der Waals surface area contributed by atoms with Gasteiger partial charge < -0.3 is 10.2 Å². The van der Waals surface area contributed by atoms with E-state index in [1.165, 1.54) is 4.31 Å². The van der Waals surface area contributed by atoms with Gasteiger partial charge >= 0.3 is 0 Å². The predicted octanol–water partition coefficient (Wildman–Crippen LogP) is 0.484. The van der Waals surface area contributed by atoms with E-state index in [1.807, 2.05) is 6.92 Å². The van der Waals surface area contributed by atoms with E-state index in [2.05, 4.69) is 11.8 Å². The summed E-state index contributed by atoms with van der Waals surface area (Å²) in [6.45, 7) is 2.16.